The highest BCUT2D eigenvalue weighted by molar-refractivity contribution is 5.99. The van der Waals surface area contributed by atoms with Crippen molar-refractivity contribution in [1.29, 1.82) is 0 Å². The molecule has 2 rings (SSSR count). The lowest BCUT2D eigenvalue weighted by Gasteiger charge is -2.26. The Bertz CT molecular complexity index is 462. The van der Waals surface area contributed by atoms with E-state index in [0.717, 1.165) is 30.0 Å². The lowest BCUT2D eigenvalue weighted by Crippen LogP contribution is -2.34. The van der Waals surface area contributed by atoms with Crippen LogP contribution in [-0.4, -0.2) is 37.4 Å². The smallest absolute Gasteiger partial charge is 0.177 e. The maximum atomic E-state index is 12.6. The SMILES string of the molecule is COc1ccc(C(=O)CN2CCCCC2)c(C(C)C)c1. The number of hydrogen-bond donors (Lipinski definition) is 0. The van der Waals surface area contributed by atoms with Crippen LogP contribution in [0.5, 0.6) is 5.75 Å². The van der Waals surface area contributed by atoms with Crippen LogP contribution in [0.1, 0.15) is 54.9 Å². The maximum Gasteiger partial charge on any atom is 0.177 e. The predicted molar refractivity (Wildman–Crippen MR) is 81.7 cm³/mol. The predicted octanol–water partition coefficient (Wildman–Crippen LogP) is 3.49. The molecule has 110 valence electrons. The molecule has 0 aliphatic carbocycles. The number of benzene rings is 1. The van der Waals surface area contributed by atoms with Crippen LogP contribution in [0.15, 0.2) is 18.2 Å². The molecule has 1 fully saturated rings. The molecule has 3 nitrogen and oxygen atoms in total. The second kappa shape index (κ2) is 6.89. The van der Waals surface area contributed by atoms with Gasteiger partial charge in [-0.05, 0) is 55.6 Å². The van der Waals surface area contributed by atoms with Gasteiger partial charge in [0.25, 0.3) is 0 Å². The van der Waals surface area contributed by atoms with Gasteiger partial charge in [-0.15, -0.1) is 0 Å². The molecule has 1 aromatic carbocycles. The number of rotatable bonds is 5. The summed E-state index contributed by atoms with van der Waals surface area (Å²) in [6.45, 7) is 6.89. The zero-order valence-electron chi connectivity index (χ0n) is 12.8. The number of nitrogens with zero attached hydrogens (tertiary/aromatic N) is 1. The molecule has 0 saturated carbocycles. The quantitative estimate of drug-likeness (QED) is 0.770. The number of likely N-dealkylation sites (tertiary alicyclic amines) is 1. The van der Waals surface area contributed by atoms with Crippen molar-refractivity contribution in [3.63, 3.8) is 0 Å². The van der Waals surface area contributed by atoms with Gasteiger partial charge in [-0.2, -0.15) is 0 Å². The van der Waals surface area contributed by atoms with E-state index in [1.165, 1.54) is 19.3 Å². The number of carbonyl (C=O) groups excluding carboxylic acids is 1. The van der Waals surface area contributed by atoms with E-state index < -0.39 is 0 Å². The van der Waals surface area contributed by atoms with Crippen molar-refractivity contribution in [3.8, 4) is 5.75 Å². The molecule has 1 aromatic rings. The molecular weight excluding hydrogens is 250 g/mol. The van der Waals surface area contributed by atoms with E-state index >= 15 is 0 Å². The summed E-state index contributed by atoms with van der Waals surface area (Å²) in [5, 5.41) is 0. The first-order chi connectivity index (χ1) is 9.61. The number of ether oxygens (including phenoxy) is 1. The molecule has 0 bridgehead atoms. The van der Waals surface area contributed by atoms with Crippen LogP contribution in [0.3, 0.4) is 0 Å². The number of piperidine rings is 1. The summed E-state index contributed by atoms with van der Waals surface area (Å²) in [5.41, 5.74) is 1.94. The molecular formula is C17H25NO2. The molecule has 0 unspecified atom stereocenters. The fraction of sp³-hybridized carbons (Fsp3) is 0.588. The van der Waals surface area contributed by atoms with E-state index in [1.807, 2.05) is 18.2 Å². The summed E-state index contributed by atoms with van der Waals surface area (Å²) in [6, 6.07) is 5.80. The van der Waals surface area contributed by atoms with Gasteiger partial charge in [0.15, 0.2) is 5.78 Å². The highest BCUT2D eigenvalue weighted by atomic mass is 16.5. The monoisotopic (exact) mass is 275 g/mol. The minimum Gasteiger partial charge on any atom is -0.497 e. The van der Waals surface area contributed by atoms with Crippen molar-refractivity contribution in [3.05, 3.63) is 29.3 Å². The number of methoxy groups -OCH3 is 1. The third kappa shape index (κ3) is 3.60. The molecule has 0 atom stereocenters. The van der Waals surface area contributed by atoms with Gasteiger partial charge in [0.05, 0.1) is 13.7 Å². The second-order valence-corrected chi connectivity index (χ2v) is 5.87. The van der Waals surface area contributed by atoms with Gasteiger partial charge >= 0.3 is 0 Å². The minimum absolute atomic E-state index is 0.234. The van der Waals surface area contributed by atoms with E-state index in [9.17, 15) is 4.79 Å². The van der Waals surface area contributed by atoms with Gasteiger partial charge in [-0.25, -0.2) is 0 Å². The molecule has 3 heteroatoms. The molecule has 0 aromatic heterocycles. The van der Waals surface area contributed by atoms with Crippen LogP contribution in [0.25, 0.3) is 0 Å². The Morgan fingerprint density at radius 2 is 1.95 bits per heavy atom. The van der Waals surface area contributed by atoms with Crippen LogP contribution >= 0.6 is 0 Å². The van der Waals surface area contributed by atoms with Crippen molar-refractivity contribution in [2.75, 3.05) is 26.7 Å². The first-order valence-electron chi connectivity index (χ1n) is 7.55. The Morgan fingerprint density at radius 3 is 2.55 bits per heavy atom. The van der Waals surface area contributed by atoms with Crippen LogP contribution in [-0.2, 0) is 0 Å². The molecule has 0 spiro atoms. The lowest BCUT2D eigenvalue weighted by molar-refractivity contribution is 0.0914. The van der Waals surface area contributed by atoms with E-state index in [4.69, 9.17) is 4.74 Å². The fourth-order valence-electron chi connectivity index (χ4n) is 2.81. The Labute approximate surface area is 121 Å². The molecule has 1 saturated heterocycles. The number of hydrogen-bond acceptors (Lipinski definition) is 3. The van der Waals surface area contributed by atoms with Gasteiger partial charge in [0.1, 0.15) is 5.75 Å². The summed E-state index contributed by atoms with van der Waals surface area (Å²) in [6.07, 6.45) is 3.73. The van der Waals surface area contributed by atoms with E-state index in [1.54, 1.807) is 7.11 Å². The van der Waals surface area contributed by atoms with Gasteiger partial charge in [0, 0.05) is 5.56 Å². The second-order valence-electron chi connectivity index (χ2n) is 5.87. The molecule has 1 aliphatic rings. The fourth-order valence-corrected chi connectivity index (χ4v) is 2.81. The van der Waals surface area contributed by atoms with Gasteiger partial charge < -0.3 is 4.74 Å². The Morgan fingerprint density at radius 1 is 1.25 bits per heavy atom. The molecule has 1 heterocycles. The van der Waals surface area contributed by atoms with Gasteiger partial charge in [-0.3, -0.25) is 9.69 Å². The Kier molecular flexibility index (Phi) is 5.18. The lowest BCUT2D eigenvalue weighted by atomic mass is 9.94. The average molecular weight is 275 g/mol. The average Bonchev–Trinajstić information content (AvgIpc) is 2.47. The minimum atomic E-state index is 0.234. The molecule has 1 aliphatic heterocycles. The number of Topliss-reactive ketones (excluding diaryl/α,β-unsaturated/α-hetero) is 1. The first kappa shape index (κ1) is 15.0. The van der Waals surface area contributed by atoms with Crippen LogP contribution in [0, 0.1) is 0 Å². The first-order valence-corrected chi connectivity index (χ1v) is 7.55. The zero-order chi connectivity index (χ0) is 14.5. The number of ketones is 1. The van der Waals surface area contributed by atoms with Gasteiger partial charge in [0.2, 0.25) is 0 Å². The van der Waals surface area contributed by atoms with Crippen molar-refractivity contribution in [1.82, 2.24) is 4.90 Å². The van der Waals surface area contributed by atoms with E-state index in [0.29, 0.717) is 12.5 Å². The molecule has 20 heavy (non-hydrogen) atoms. The van der Waals surface area contributed by atoms with Crippen molar-refractivity contribution >= 4 is 5.78 Å². The Hall–Kier alpha value is -1.35. The summed E-state index contributed by atoms with van der Waals surface area (Å²) in [7, 11) is 1.66. The maximum absolute atomic E-state index is 12.6. The standard InChI is InChI=1S/C17H25NO2/c1-13(2)16-11-14(20-3)7-8-15(16)17(19)12-18-9-5-4-6-10-18/h7-8,11,13H,4-6,9-10,12H2,1-3H3. The van der Waals surface area contributed by atoms with Crippen LogP contribution in [0.4, 0.5) is 0 Å². The third-order valence-electron chi connectivity index (χ3n) is 4.00. The van der Waals surface area contributed by atoms with E-state index in [-0.39, 0.29) is 5.78 Å². The van der Waals surface area contributed by atoms with Crippen molar-refractivity contribution in [2.45, 2.75) is 39.0 Å². The molecule has 0 radical (unpaired) electrons. The van der Waals surface area contributed by atoms with Crippen molar-refractivity contribution < 1.29 is 9.53 Å². The summed E-state index contributed by atoms with van der Waals surface area (Å²) < 4.78 is 5.27. The summed E-state index contributed by atoms with van der Waals surface area (Å²) in [4.78, 5) is 14.8. The largest absolute Gasteiger partial charge is 0.497 e. The third-order valence-corrected chi connectivity index (χ3v) is 4.00. The van der Waals surface area contributed by atoms with Gasteiger partial charge in [-0.1, -0.05) is 20.3 Å². The highest BCUT2D eigenvalue weighted by Gasteiger charge is 2.19. The normalized spacial score (nSPS) is 16.4. The van der Waals surface area contributed by atoms with Crippen LogP contribution < -0.4 is 4.74 Å². The van der Waals surface area contributed by atoms with Crippen molar-refractivity contribution in [2.24, 2.45) is 0 Å². The summed E-state index contributed by atoms with van der Waals surface area (Å²) in [5.74, 6) is 1.38. The number of carbonyl (C=O) groups is 1. The molecule has 0 amide bonds. The van der Waals surface area contributed by atoms with E-state index in [2.05, 4.69) is 18.7 Å². The highest BCUT2D eigenvalue weighted by Crippen LogP contribution is 2.25. The topological polar surface area (TPSA) is 29.5 Å². The zero-order valence-corrected chi connectivity index (χ0v) is 12.8. The summed E-state index contributed by atoms with van der Waals surface area (Å²) >= 11 is 0. The Balaban J connectivity index is 2.15. The molecule has 0 N–H and O–H groups in total. The van der Waals surface area contributed by atoms with Crippen LogP contribution in [0.2, 0.25) is 0 Å².